The molecule has 25 heavy (non-hydrogen) atoms. The summed E-state index contributed by atoms with van der Waals surface area (Å²) >= 11 is 0. The molecule has 0 aliphatic carbocycles. The van der Waals surface area contributed by atoms with E-state index in [0.717, 1.165) is 11.8 Å². The zero-order valence-corrected chi connectivity index (χ0v) is 14.3. The number of amides is 1. The van der Waals surface area contributed by atoms with E-state index in [4.69, 9.17) is 15.1 Å². The number of aromatic nitrogens is 3. The van der Waals surface area contributed by atoms with E-state index in [2.05, 4.69) is 5.10 Å². The Bertz CT molecular complexity index is 913. The molecule has 4 heterocycles. The lowest BCUT2D eigenvalue weighted by Gasteiger charge is -2.17. The average Bonchev–Trinajstić information content (AvgIpc) is 3.32. The summed E-state index contributed by atoms with van der Waals surface area (Å²) in [5.41, 5.74) is 7.88. The van der Waals surface area contributed by atoms with Crippen LogP contribution in [0.3, 0.4) is 0 Å². The molecule has 130 valence electrons. The molecule has 7 heteroatoms. The first kappa shape index (κ1) is 15.8. The predicted molar refractivity (Wildman–Crippen MR) is 94.1 cm³/mol. The van der Waals surface area contributed by atoms with Gasteiger partial charge in [0, 0.05) is 25.2 Å². The minimum atomic E-state index is -0.0311. The van der Waals surface area contributed by atoms with Gasteiger partial charge in [-0.1, -0.05) is 0 Å². The number of hydrogen-bond donors (Lipinski definition) is 1. The van der Waals surface area contributed by atoms with Crippen molar-refractivity contribution >= 4 is 16.9 Å². The summed E-state index contributed by atoms with van der Waals surface area (Å²) in [5, 5.41) is 5.19. The second-order valence-corrected chi connectivity index (χ2v) is 6.75. The lowest BCUT2D eigenvalue weighted by Crippen LogP contribution is -2.32. The number of hydrogen-bond acceptors (Lipinski definition) is 5. The number of carbonyl (C=O) groups excluding carboxylic acids is 1. The molecule has 3 aromatic rings. The first-order chi connectivity index (χ1) is 12.0. The van der Waals surface area contributed by atoms with Gasteiger partial charge in [-0.15, -0.1) is 0 Å². The number of fused-ring (bicyclic) bond motifs is 1. The SMILES string of the molecule is CC(C)n1ncc2c(C(=O)N3CC[C@@H](N)C3)cc(-c3ccco3)nc21. The predicted octanol–water partition coefficient (Wildman–Crippen LogP) is 2.45. The minimum Gasteiger partial charge on any atom is -0.463 e. The zero-order valence-electron chi connectivity index (χ0n) is 14.3. The first-order valence-corrected chi connectivity index (χ1v) is 8.51. The molecule has 0 spiro atoms. The van der Waals surface area contributed by atoms with Gasteiger partial charge in [-0.05, 0) is 38.5 Å². The van der Waals surface area contributed by atoms with E-state index in [-0.39, 0.29) is 18.0 Å². The van der Waals surface area contributed by atoms with Gasteiger partial charge < -0.3 is 15.1 Å². The topological polar surface area (TPSA) is 90.2 Å². The van der Waals surface area contributed by atoms with Crippen LogP contribution in [0.5, 0.6) is 0 Å². The van der Waals surface area contributed by atoms with E-state index >= 15 is 0 Å². The molecule has 1 saturated heterocycles. The Balaban J connectivity index is 1.88. The number of likely N-dealkylation sites (tertiary alicyclic amines) is 1. The fourth-order valence-electron chi connectivity index (χ4n) is 3.27. The molecule has 1 fully saturated rings. The van der Waals surface area contributed by atoms with Crippen LogP contribution >= 0.6 is 0 Å². The van der Waals surface area contributed by atoms with Gasteiger partial charge in [0.05, 0.1) is 23.4 Å². The van der Waals surface area contributed by atoms with Crippen LogP contribution in [0.1, 0.15) is 36.7 Å². The highest BCUT2D eigenvalue weighted by Crippen LogP contribution is 2.28. The van der Waals surface area contributed by atoms with Gasteiger partial charge in [0.25, 0.3) is 5.91 Å². The number of rotatable bonds is 3. The minimum absolute atomic E-state index is 0.0311. The van der Waals surface area contributed by atoms with Crippen molar-refractivity contribution < 1.29 is 9.21 Å². The monoisotopic (exact) mass is 339 g/mol. The van der Waals surface area contributed by atoms with Gasteiger partial charge >= 0.3 is 0 Å². The Kier molecular flexibility index (Phi) is 3.80. The van der Waals surface area contributed by atoms with Crippen molar-refractivity contribution in [2.75, 3.05) is 13.1 Å². The van der Waals surface area contributed by atoms with E-state index in [1.807, 2.05) is 30.7 Å². The molecule has 0 radical (unpaired) electrons. The average molecular weight is 339 g/mol. The fraction of sp³-hybridized carbons (Fsp3) is 0.389. The molecular formula is C18H21N5O2. The van der Waals surface area contributed by atoms with E-state index in [1.165, 1.54) is 0 Å². The van der Waals surface area contributed by atoms with Crippen LogP contribution in [0.25, 0.3) is 22.5 Å². The Morgan fingerprint density at radius 2 is 2.28 bits per heavy atom. The highest BCUT2D eigenvalue weighted by molar-refractivity contribution is 6.06. The second-order valence-electron chi connectivity index (χ2n) is 6.75. The smallest absolute Gasteiger partial charge is 0.254 e. The molecule has 3 aromatic heterocycles. The van der Waals surface area contributed by atoms with Crippen LogP contribution in [-0.2, 0) is 0 Å². The third-order valence-corrected chi connectivity index (χ3v) is 4.57. The van der Waals surface area contributed by atoms with Crippen LogP contribution in [0.4, 0.5) is 0 Å². The first-order valence-electron chi connectivity index (χ1n) is 8.51. The largest absolute Gasteiger partial charge is 0.463 e. The van der Waals surface area contributed by atoms with Crippen molar-refractivity contribution in [3.63, 3.8) is 0 Å². The van der Waals surface area contributed by atoms with Crippen molar-refractivity contribution in [2.24, 2.45) is 5.73 Å². The molecular weight excluding hydrogens is 318 g/mol. The molecule has 0 aromatic carbocycles. The maximum Gasteiger partial charge on any atom is 0.254 e. The number of pyridine rings is 1. The summed E-state index contributed by atoms with van der Waals surface area (Å²) < 4.78 is 7.31. The van der Waals surface area contributed by atoms with Crippen LogP contribution in [0.2, 0.25) is 0 Å². The quantitative estimate of drug-likeness (QED) is 0.791. The number of nitrogens with zero attached hydrogens (tertiary/aromatic N) is 4. The summed E-state index contributed by atoms with van der Waals surface area (Å²) in [6, 6.07) is 5.62. The van der Waals surface area contributed by atoms with E-state index in [9.17, 15) is 4.79 Å². The van der Waals surface area contributed by atoms with Crippen molar-refractivity contribution in [3.05, 3.63) is 36.2 Å². The van der Waals surface area contributed by atoms with Crippen molar-refractivity contribution in [1.82, 2.24) is 19.7 Å². The Hall–Kier alpha value is -2.67. The van der Waals surface area contributed by atoms with Gasteiger partial charge in [-0.25, -0.2) is 9.67 Å². The molecule has 4 rings (SSSR count). The van der Waals surface area contributed by atoms with Gasteiger partial charge in [0.1, 0.15) is 5.69 Å². The van der Waals surface area contributed by atoms with E-state index < -0.39 is 0 Å². The van der Waals surface area contributed by atoms with Crippen molar-refractivity contribution in [2.45, 2.75) is 32.4 Å². The zero-order chi connectivity index (χ0) is 17.6. The number of nitrogens with two attached hydrogens (primary N) is 1. The molecule has 1 amide bonds. The maximum atomic E-state index is 13.1. The lowest BCUT2D eigenvalue weighted by molar-refractivity contribution is 0.0793. The van der Waals surface area contributed by atoms with Crippen molar-refractivity contribution in [1.29, 1.82) is 0 Å². The molecule has 0 unspecified atom stereocenters. The van der Waals surface area contributed by atoms with Crippen LogP contribution in [0, 0.1) is 0 Å². The number of carbonyl (C=O) groups is 1. The van der Waals surface area contributed by atoms with Crippen LogP contribution in [0.15, 0.2) is 35.1 Å². The molecule has 2 N–H and O–H groups in total. The highest BCUT2D eigenvalue weighted by Gasteiger charge is 2.27. The highest BCUT2D eigenvalue weighted by atomic mass is 16.3. The molecule has 1 aliphatic rings. The standard InChI is InChI=1S/C18H21N5O2/c1-11(2)23-17-14(9-20-23)13(18(24)22-6-5-12(19)10-22)8-15(21-17)16-4-3-7-25-16/h3-4,7-9,11-12H,5-6,10,19H2,1-2H3/t12-/m1/s1. The van der Waals surface area contributed by atoms with E-state index in [1.54, 1.807) is 23.4 Å². The second kappa shape index (κ2) is 6.00. The summed E-state index contributed by atoms with van der Waals surface area (Å²) in [6.07, 6.45) is 4.15. The van der Waals surface area contributed by atoms with Gasteiger partial charge in [0.15, 0.2) is 11.4 Å². The summed E-state index contributed by atoms with van der Waals surface area (Å²) in [5.74, 6) is 0.599. The third-order valence-electron chi connectivity index (χ3n) is 4.57. The Morgan fingerprint density at radius 1 is 1.44 bits per heavy atom. The van der Waals surface area contributed by atoms with Gasteiger partial charge in [0.2, 0.25) is 0 Å². The van der Waals surface area contributed by atoms with Crippen molar-refractivity contribution in [3.8, 4) is 11.5 Å². The molecule has 1 atom stereocenters. The Labute approximate surface area is 145 Å². The summed E-state index contributed by atoms with van der Waals surface area (Å²) in [7, 11) is 0. The summed E-state index contributed by atoms with van der Waals surface area (Å²) in [6.45, 7) is 5.33. The van der Waals surface area contributed by atoms with E-state index in [0.29, 0.717) is 35.8 Å². The third kappa shape index (κ3) is 2.70. The Morgan fingerprint density at radius 3 is 2.92 bits per heavy atom. The maximum absolute atomic E-state index is 13.1. The number of furan rings is 1. The lowest BCUT2D eigenvalue weighted by atomic mass is 10.1. The van der Waals surface area contributed by atoms with Crippen LogP contribution < -0.4 is 5.73 Å². The normalized spacial score (nSPS) is 17.8. The molecule has 7 nitrogen and oxygen atoms in total. The summed E-state index contributed by atoms with van der Waals surface area (Å²) in [4.78, 5) is 19.6. The van der Waals surface area contributed by atoms with Gasteiger partial charge in [-0.3, -0.25) is 4.79 Å². The molecule has 0 saturated carbocycles. The van der Waals surface area contributed by atoms with Gasteiger partial charge in [-0.2, -0.15) is 5.10 Å². The van der Waals surface area contributed by atoms with Crippen LogP contribution in [-0.4, -0.2) is 44.7 Å². The molecule has 0 bridgehead atoms. The fourth-order valence-corrected chi connectivity index (χ4v) is 3.27. The molecule has 1 aliphatic heterocycles.